The number of hydrogen-bond acceptors (Lipinski definition) is 5. The molecule has 1 aliphatic heterocycles. The highest BCUT2D eigenvalue weighted by Crippen LogP contribution is 2.28. The van der Waals surface area contributed by atoms with Crippen molar-refractivity contribution in [2.45, 2.75) is 58.0 Å². The Balaban J connectivity index is 1.56. The van der Waals surface area contributed by atoms with Gasteiger partial charge in [0.2, 0.25) is 5.91 Å². The van der Waals surface area contributed by atoms with Crippen LogP contribution >= 0.6 is 0 Å². The summed E-state index contributed by atoms with van der Waals surface area (Å²) >= 11 is 0. The summed E-state index contributed by atoms with van der Waals surface area (Å²) in [5.41, 5.74) is 0.996. The van der Waals surface area contributed by atoms with E-state index in [9.17, 15) is 4.79 Å². The normalized spacial score (nSPS) is 19.7. The van der Waals surface area contributed by atoms with E-state index in [4.69, 9.17) is 19.6 Å². The molecule has 178 valence electrons. The highest BCUT2D eigenvalue weighted by molar-refractivity contribution is 5.81. The minimum Gasteiger partial charge on any atom is -0.493 e. The fourth-order valence-corrected chi connectivity index (χ4v) is 4.45. The first kappa shape index (κ1) is 24.2. The van der Waals surface area contributed by atoms with Crippen molar-refractivity contribution in [2.24, 2.45) is 10.9 Å². The fourth-order valence-electron chi connectivity index (χ4n) is 4.45. The van der Waals surface area contributed by atoms with Gasteiger partial charge in [0.05, 0.1) is 20.3 Å². The van der Waals surface area contributed by atoms with Gasteiger partial charge in [-0.2, -0.15) is 0 Å². The number of amides is 1. The predicted molar refractivity (Wildman–Crippen MR) is 125 cm³/mol. The number of benzene rings is 1. The van der Waals surface area contributed by atoms with Crippen molar-refractivity contribution < 1.29 is 19.4 Å². The lowest BCUT2D eigenvalue weighted by molar-refractivity contribution is -0.135. The van der Waals surface area contributed by atoms with Gasteiger partial charge in [-0.05, 0) is 43.9 Å². The van der Waals surface area contributed by atoms with Crippen LogP contribution in [0.25, 0.3) is 0 Å². The van der Waals surface area contributed by atoms with E-state index in [0.717, 1.165) is 50.4 Å². The molecule has 0 spiro atoms. The van der Waals surface area contributed by atoms with E-state index in [2.05, 4.69) is 10.6 Å². The largest absolute Gasteiger partial charge is 0.493 e. The zero-order chi connectivity index (χ0) is 22.8. The van der Waals surface area contributed by atoms with Crippen LogP contribution in [-0.4, -0.2) is 67.9 Å². The molecule has 1 unspecified atom stereocenters. The summed E-state index contributed by atoms with van der Waals surface area (Å²) in [4.78, 5) is 19.6. The molecule has 0 radical (unpaired) electrons. The summed E-state index contributed by atoms with van der Waals surface area (Å²) < 4.78 is 10.9. The summed E-state index contributed by atoms with van der Waals surface area (Å²) in [7, 11) is 1.60. The van der Waals surface area contributed by atoms with Crippen molar-refractivity contribution in [3.63, 3.8) is 0 Å². The molecule has 1 aromatic rings. The first-order valence-electron chi connectivity index (χ1n) is 11.9. The number of nitrogens with zero attached hydrogens (tertiary/aromatic N) is 2. The number of methoxy groups -OCH3 is 1. The van der Waals surface area contributed by atoms with Gasteiger partial charge in [0.25, 0.3) is 0 Å². The molecule has 3 rings (SSSR count). The lowest BCUT2D eigenvalue weighted by atomic mass is 9.88. The van der Waals surface area contributed by atoms with E-state index in [-0.39, 0.29) is 25.2 Å². The number of likely N-dealkylation sites (tertiary alicyclic amines) is 1. The van der Waals surface area contributed by atoms with E-state index in [1.165, 1.54) is 19.3 Å². The van der Waals surface area contributed by atoms with Gasteiger partial charge in [0.15, 0.2) is 17.5 Å². The molecule has 1 amide bonds. The first-order chi connectivity index (χ1) is 15.6. The maximum atomic E-state index is 12.8. The molecule has 2 fully saturated rings. The second kappa shape index (κ2) is 12.5. The quantitative estimate of drug-likeness (QED) is 0.398. The highest BCUT2D eigenvalue weighted by Gasteiger charge is 2.31. The maximum absolute atomic E-state index is 12.8. The van der Waals surface area contributed by atoms with Crippen LogP contribution in [-0.2, 0) is 11.3 Å². The van der Waals surface area contributed by atoms with Crippen LogP contribution in [0, 0.1) is 5.92 Å². The van der Waals surface area contributed by atoms with Crippen LogP contribution < -0.4 is 20.1 Å². The van der Waals surface area contributed by atoms with Crippen molar-refractivity contribution in [2.75, 3.05) is 40.0 Å². The molecule has 1 saturated heterocycles. The molecular formula is C24H38N4O4. The number of rotatable bonds is 9. The lowest BCUT2D eigenvalue weighted by Gasteiger charge is -2.26. The Morgan fingerprint density at radius 3 is 2.75 bits per heavy atom. The van der Waals surface area contributed by atoms with Crippen molar-refractivity contribution in [3.05, 3.63) is 23.8 Å². The number of aliphatic hydroxyl groups excluding tert-OH is 1. The minimum absolute atomic E-state index is 0.0439. The van der Waals surface area contributed by atoms with Gasteiger partial charge in [-0.25, -0.2) is 4.99 Å². The summed E-state index contributed by atoms with van der Waals surface area (Å²) in [5, 5.41) is 15.8. The van der Waals surface area contributed by atoms with Crippen LogP contribution in [0.2, 0.25) is 0 Å². The predicted octanol–water partition coefficient (Wildman–Crippen LogP) is 2.30. The van der Waals surface area contributed by atoms with Crippen molar-refractivity contribution in [1.82, 2.24) is 15.5 Å². The van der Waals surface area contributed by atoms with Gasteiger partial charge in [-0.1, -0.05) is 25.3 Å². The molecule has 1 aromatic carbocycles. The van der Waals surface area contributed by atoms with E-state index in [1.54, 1.807) is 7.11 Å². The number of nitrogens with one attached hydrogen (secondary N) is 2. The van der Waals surface area contributed by atoms with Crippen LogP contribution in [0.1, 0.15) is 51.0 Å². The second-order valence-corrected chi connectivity index (χ2v) is 8.50. The third kappa shape index (κ3) is 6.76. The standard InChI is InChI=1S/C24H38N4O4/c1-3-25-24(26-16-18-9-10-21(32-14-13-29)22(15-18)31-2)27-20-11-12-28(17-20)23(30)19-7-5-4-6-8-19/h9-10,15,19-20,29H,3-8,11-14,16-17H2,1-2H3,(H2,25,26,27). The molecule has 8 heteroatoms. The minimum atomic E-state index is -0.0439. The number of aliphatic imine (C=N–C) groups is 1. The van der Waals surface area contributed by atoms with Gasteiger partial charge in [-0.3, -0.25) is 4.79 Å². The average molecular weight is 447 g/mol. The molecule has 32 heavy (non-hydrogen) atoms. The number of hydrogen-bond donors (Lipinski definition) is 3. The first-order valence-corrected chi connectivity index (χ1v) is 11.9. The van der Waals surface area contributed by atoms with Crippen molar-refractivity contribution >= 4 is 11.9 Å². The third-order valence-corrected chi connectivity index (χ3v) is 6.14. The molecule has 1 atom stereocenters. The van der Waals surface area contributed by atoms with E-state index < -0.39 is 0 Å². The summed E-state index contributed by atoms with van der Waals surface area (Å²) in [5.74, 6) is 2.55. The molecule has 1 aliphatic carbocycles. The lowest BCUT2D eigenvalue weighted by Crippen LogP contribution is -2.45. The van der Waals surface area contributed by atoms with Crippen LogP contribution in [0.5, 0.6) is 11.5 Å². The second-order valence-electron chi connectivity index (χ2n) is 8.50. The number of carbonyl (C=O) groups is 1. The number of ether oxygens (including phenoxy) is 2. The molecule has 1 saturated carbocycles. The average Bonchev–Trinajstić information content (AvgIpc) is 3.30. The Morgan fingerprint density at radius 2 is 2.03 bits per heavy atom. The van der Waals surface area contributed by atoms with Gasteiger partial charge in [0, 0.05) is 31.6 Å². The maximum Gasteiger partial charge on any atom is 0.225 e. The monoisotopic (exact) mass is 446 g/mol. The topological polar surface area (TPSA) is 95.4 Å². The van der Waals surface area contributed by atoms with Crippen molar-refractivity contribution in [3.8, 4) is 11.5 Å². The van der Waals surface area contributed by atoms with Gasteiger partial charge in [0.1, 0.15) is 6.61 Å². The van der Waals surface area contributed by atoms with E-state index >= 15 is 0 Å². The van der Waals surface area contributed by atoms with Crippen molar-refractivity contribution in [1.29, 1.82) is 0 Å². The van der Waals surface area contributed by atoms with Gasteiger partial charge < -0.3 is 30.1 Å². The van der Waals surface area contributed by atoms with E-state index in [0.29, 0.717) is 24.0 Å². The summed E-state index contributed by atoms with van der Waals surface area (Å²) in [6.07, 6.45) is 6.66. The fraction of sp³-hybridized carbons (Fsp3) is 0.667. The van der Waals surface area contributed by atoms with Gasteiger partial charge in [-0.15, -0.1) is 0 Å². The van der Waals surface area contributed by atoms with Crippen LogP contribution in [0.3, 0.4) is 0 Å². The molecule has 2 aliphatic rings. The summed E-state index contributed by atoms with van der Waals surface area (Å²) in [6.45, 7) is 5.04. The molecule has 3 N–H and O–H groups in total. The molecule has 0 aromatic heterocycles. The van der Waals surface area contributed by atoms with Gasteiger partial charge >= 0.3 is 0 Å². The molecule has 8 nitrogen and oxygen atoms in total. The molecule has 1 heterocycles. The molecule has 0 bridgehead atoms. The Bertz CT molecular complexity index is 764. The molecular weight excluding hydrogens is 408 g/mol. The number of guanidine groups is 1. The zero-order valence-electron chi connectivity index (χ0n) is 19.4. The highest BCUT2D eigenvalue weighted by atomic mass is 16.5. The van der Waals surface area contributed by atoms with Crippen LogP contribution in [0.15, 0.2) is 23.2 Å². The smallest absolute Gasteiger partial charge is 0.225 e. The Labute approximate surface area is 191 Å². The van der Waals surface area contributed by atoms with Crippen LogP contribution in [0.4, 0.5) is 0 Å². The third-order valence-electron chi connectivity index (χ3n) is 6.14. The number of carbonyl (C=O) groups excluding carboxylic acids is 1. The Morgan fingerprint density at radius 1 is 1.22 bits per heavy atom. The SMILES string of the molecule is CCNC(=NCc1ccc(OCCO)c(OC)c1)NC1CCN(C(=O)C2CCCCC2)C1. The zero-order valence-corrected chi connectivity index (χ0v) is 19.4. The van der Waals surface area contributed by atoms with E-state index in [1.807, 2.05) is 30.0 Å². The Kier molecular flexibility index (Phi) is 9.46. The summed E-state index contributed by atoms with van der Waals surface area (Å²) in [6, 6.07) is 5.90. The number of aliphatic hydroxyl groups is 1. The Hall–Kier alpha value is -2.48.